The Balaban J connectivity index is 3.10. The molecule has 0 unspecified atom stereocenters. The summed E-state index contributed by atoms with van der Waals surface area (Å²) in [7, 11) is 4.95. The van der Waals surface area contributed by atoms with Gasteiger partial charge in [-0.1, -0.05) is 0 Å². The summed E-state index contributed by atoms with van der Waals surface area (Å²) in [6.07, 6.45) is 0. The maximum Gasteiger partial charge on any atom is 0.163 e. The van der Waals surface area contributed by atoms with Gasteiger partial charge in [0.25, 0.3) is 0 Å². The summed E-state index contributed by atoms with van der Waals surface area (Å²) < 4.78 is 15.5. The fraction of sp³-hybridized carbons (Fsp3) is 0.455. The van der Waals surface area contributed by atoms with E-state index in [2.05, 4.69) is 0 Å². The van der Waals surface area contributed by atoms with Crippen molar-refractivity contribution in [3.05, 3.63) is 23.3 Å². The van der Waals surface area contributed by atoms with E-state index >= 15 is 0 Å². The summed E-state index contributed by atoms with van der Waals surface area (Å²) in [5.74, 6) is 1.53. The number of ether oxygens (including phenoxy) is 3. The molecule has 0 heterocycles. The molecule has 0 spiro atoms. The largest absolute Gasteiger partial charge is 0.493 e. The van der Waals surface area contributed by atoms with Crippen molar-refractivity contribution >= 4 is 0 Å². The standard InChI is InChI=1S/C11H16O3/c1-8-5-9(7-12-2)6-10(13-3)11(8)14-4/h5-6H,7H2,1-4H3. The molecule has 0 aliphatic heterocycles. The van der Waals surface area contributed by atoms with Crippen molar-refractivity contribution in [1.29, 1.82) is 0 Å². The van der Waals surface area contributed by atoms with Crippen LogP contribution in [0, 0.1) is 6.92 Å². The van der Waals surface area contributed by atoms with Gasteiger partial charge in [-0.25, -0.2) is 0 Å². The van der Waals surface area contributed by atoms with Crippen LogP contribution in [0.4, 0.5) is 0 Å². The second kappa shape index (κ2) is 4.86. The summed E-state index contributed by atoms with van der Waals surface area (Å²) in [6.45, 7) is 2.57. The van der Waals surface area contributed by atoms with Gasteiger partial charge in [-0.15, -0.1) is 0 Å². The zero-order valence-electron chi connectivity index (χ0n) is 9.09. The Morgan fingerprint density at radius 3 is 2.29 bits per heavy atom. The lowest BCUT2D eigenvalue weighted by molar-refractivity contribution is 0.184. The molecule has 3 heteroatoms. The molecule has 1 rings (SSSR count). The molecule has 0 aliphatic rings. The van der Waals surface area contributed by atoms with Gasteiger partial charge in [-0.2, -0.15) is 0 Å². The Morgan fingerprint density at radius 1 is 1.07 bits per heavy atom. The number of hydrogen-bond donors (Lipinski definition) is 0. The zero-order chi connectivity index (χ0) is 10.6. The highest BCUT2D eigenvalue weighted by Gasteiger charge is 2.08. The Morgan fingerprint density at radius 2 is 1.79 bits per heavy atom. The first-order valence-electron chi connectivity index (χ1n) is 4.43. The van der Waals surface area contributed by atoms with Crippen molar-refractivity contribution in [3.8, 4) is 11.5 Å². The van der Waals surface area contributed by atoms with Crippen LogP contribution in [0.3, 0.4) is 0 Å². The number of benzene rings is 1. The molecular weight excluding hydrogens is 180 g/mol. The normalized spacial score (nSPS) is 10.0. The molecule has 78 valence electrons. The Kier molecular flexibility index (Phi) is 3.77. The molecule has 0 amide bonds. The van der Waals surface area contributed by atoms with E-state index in [1.807, 2.05) is 19.1 Å². The van der Waals surface area contributed by atoms with Crippen molar-refractivity contribution in [3.63, 3.8) is 0 Å². The lowest BCUT2D eigenvalue weighted by Crippen LogP contribution is -1.96. The molecule has 0 saturated heterocycles. The fourth-order valence-corrected chi connectivity index (χ4v) is 1.48. The average Bonchev–Trinajstić information content (AvgIpc) is 2.17. The van der Waals surface area contributed by atoms with E-state index in [-0.39, 0.29) is 0 Å². The van der Waals surface area contributed by atoms with Gasteiger partial charge in [0.15, 0.2) is 11.5 Å². The van der Waals surface area contributed by atoms with Gasteiger partial charge in [0.1, 0.15) is 0 Å². The van der Waals surface area contributed by atoms with Crippen molar-refractivity contribution in [2.45, 2.75) is 13.5 Å². The molecule has 0 atom stereocenters. The Bertz CT molecular complexity index is 308. The van der Waals surface area contributed by atoms with Crippen LogP contribution in [0.5, 0.6) is 11.5 Å². The average molecular weight is 196 g/mol. The van der Waals surface area contributed by atoms with Gasteiger partial charge in [0, 0.05) is 7.11 Å². The van der Waals surface area contributed by atoms with E-state index in [0.717, 1.165) is 22.6 Å². The number of methoxy groups -OCH3 is 3. The molecule has 0 N–H and O–H groups in total. The minimum Gasteiger partial charge on any atom is -0.493 e. The third-order valence-corrected chi connectivity index (χ3v) is 2.04. The molecule has 0 saturated carbocycles. The highest BCUT2D eigenvalue weighted by atomic mass is 16.5. The third-order valence-electron chi connectivity index (χ3n) is 2.04. The van der Waals surface area contributed by atoms with Gasteiger partial charge in [-0.05, 0) is 30.2 Å². The Hall–Kier alpha value is -1.22. The monoisotopic (exact) mass is 196 g/mol. The van der Waals surface area contributed by atoms with Crippen LogP contribution in [0.15, 0.2) is 12.1 Å². The summed E-state index contributed by atoms with van der Waals surface area (Å²) in [5, 5.41) is 0. The smallest absolute Gasteiger partial charge is 0.163 e. The maximum atomic E-state index is 5.23. The highest BCUT2D eigenvalue weighted by Crippen LogP contribution is 2.31. The molecule has 0 aliphatic carbocycles. The van der Waals surface area contributed by atoms with Gasteiger partial charge < -0.3 is 14.2 Å². The van der Waals surface area contributed by atoms with E-state index < -0.39 is 0 Å². The molecule has 14 heavy (non-hydrogen) atoms. The minimum absolute atomic E-state index is 0.585. The van der Waals surface area contributed by atoms with Crippen LogP contribution in [0.1, 0.15) is 11.1 Å². The van der Waals surface area contributed by atoms with Crippen LogP contribution >= 0.6 is 0 Å². The molecule has 1 aromatic carbocycles. The predicted molar refractivity (Wildman–Crippen MR) is 55.0 cm³/mol. The summed E-state index contributed by atoms with van der Waals surface area (Å²) >= 11 is 0. The quantitative estimate of drug-likeness (QED) is 0.738. The summed E-state index contributed by atoms with van der Waals surface area (Å²) in [4.78, 5) is 0. The van der Waals surface area contributed by atoms with Gasteiger partial charge in [-0.3, -0.25) is 0 Å². The van der Waals surface area contributed by atoms with Crippen LogP contribution < -0.4 is 9.47 Å². The van der Waals surface area contributed by atoms with E-state index in [1.165, 1.54) is 0 Å². The third kappa shape index (κ3) is 2.17. The van der Waals surface area contributed by atoms with Crippen molar-refractivity contribution in [2.75, 3.05) is 21.3 Å². The van der Waals surface area contributed by atoms with E-state index in [9.17, 15) is 0 Å². The van der Waals surface area contributed by atoms with Gasteiger partial charge in [0.2, 0.25) is 0 Å². The lowest BCUT2D eigenvalue weighted by atomic mass is 10.1. The van der Waals surface area contributed by atoms with E-state index in [1.54, 1.807) is 21.3 Å². The summed E-state index contributed by atoms with van der Waals surface area (Å²) in [6, 6.07) is 3.96. The SMILES string of the molecule is COCc1cc(C)c(OC)c(OC)c1. The predicted octanol–water partition coefficient (Wildman–Crippen LogP) is 2.16. The topological polar surface area (TPSA) is 27.7 Å². The van der Waals surface area contributed by atoms with E-state index in [4.69, 9.17) is 14.2 Å². The highest BCUT2D eigenvalue weighted by molar-refractivity contribution is 5.48. The molecule has 1 aromatic rings. The summed E-state index contributed by atoms with van der Waals surface area (Å²) in [5.41, 5.74) is 2.14. The van der Waals surface area contributed by atoms with Crippen LogP contribution in [0.2, 0.25) is 0 Å². The van der Waals surface area contributed by atoms with Crippen molar-refractivity contribution in [2.24, 2.45) is 0 Å². The maximum absolute atomic E-state index is 5.23. The van der Waals surface area contributed by atoms with Crippen molar-refractivity contribution in [1.82, 2.24) is 0 Å². The molecular formula is C11H16O3. The van der Waals surface area contributed by atoms with Gasteiger partial charge >= 0.3 is 0 Å². The molecule has 0 aromatic heterocycles. The lowest BCUT2D eigenvalue weighted by Gasteiger charge is -2.12. The second-order valence-electron chi connectivity index (χ2n) is 3.08. The molecule has 0 radical (unpaired) electrons. The molecule has 0 fully saturated rings. The van der Waals surface area contributed by atoms with Crippen LogP contribution in [-0.2, 0) is 11.3 Å². The number of hydrogen-bond acceptors (Lipinski definition) is 3. The van der Waals surface area contributed by atoms with E-state index in [0.29, 0.717) is 6.61 Å². The second-order valence-corrected chi connectivity index (χ2v) is 3.08. The fourth-order valence-electron chi connectivity index (χ4n) is 1.48. The molecule has 0 bridgehead atoms. The first kappa shape index (κ1) is 10.9. The molecule has 3 nitrogen and oxygen atoms in total. The number of rotatable bonds is 4. The van der Waals surface area contributed by atoms with Gasteiger partial charge in [0.05, 0.1) is 20.8 Å². The first-order chi connectivity index (χ1) is 6.72. The Labute approximate surface area is 84.6 Å². The van der Waals surface area contributed by atoms with Crippen LogP contribution in [0.25, 0.3) is 0 Å². The van der Waals surface area contributed by atoms with Crippen molar-refractivity contribution < 1.29 is 14.2 Å². The minimum atomic E-state index is 0.585. The van der Waals surface area contributed by atoms with Crippen LogP contribution in [-0.4, -0.2) is 21.3 Å². The number of aryl methyl sites for hydroxylation is 1. The first-order valence-corrected chi connectivity index (χ1v) is 4.43. The zero-order valence-corrected chi connectivity index (χ0v) is 9.09.